The van der Waals surface area contributed by atoms with Gasteiger partial charge in [0.25, 0.3) is 0 Å². The van der Waals surface area contributed by atoms with Crippen LogP contribution in [0.5, 0.6) is 0 Å². The Hall–Kier alpha value is -1.61. The summed E-state index contributed by atoms with van der Waals surface area (Å²) >= 11 is 1.54. The fraction of sp³-hybridized carbons (Fsp3) is 0.741. The van der Waals surface area contributed by atoms with Crippen LogP contribution in [0, 0.1) is 24.2 Å². The van der Waals surface area contributed by atoms with Gasteiger partial charge in [0.05, 0.1) is 52.5 Å². The Balaban J connectivity index is 1.95. The number of ether oxygens (including phenoxy) is 1. The minimum absolute atomic E-state index is 0.0452. The second-order valence-corrected chi connectivity index (χ2v) is 12.3. The molecule has 0 spiro atoms. The lowest BCUT2D eigenvalue weighted by Crippen LogP contribution is -2.47. The molecule has 0 aromatic carbocycles. The van der Waals surface area contributed by atoms with Gasteiger partial charge in [0.1, 0.15) is 5.78 Å². The van der Waals surface area contributed by atoms with Gasteiger partial charge in [0, 0.05) is 17.7 Å². The second kappa shape index (κ2) is 10.8. The highest BCUT2D eigenvalue weighted by atomic mass is 32.1. The molecule has 8 heteroatoms. The number of aromatic nitrogens is 1. The molecule has 35 heavy (non-hydrogen) atoms. The van der Waals surface area contributed by atoms with E-state index in [1.165, 1.54) is 11.3 Å². The van der Waals surface area contributed by atoms with E-state index in [9.17, 15) is 9.59 Å². The lowest BCUT2D eigenvalue weighted by molar-refractivity contribution is -0.143. The number of amides is 1. The van der Waals surface area contributed by atoms with Crippen molar-refractivity contribution in [2.45, 2.75) is 111 Å². The molecule has 0 bridgehead atoms. The summed E-state index contributed by atoms with van der Waals surface area (Å²) in [5.74, 6) is -1.46. The molecule has 1 aromatic heterocycles. The van der Waals surface area contributed by atoms with Crippen LogP contribution in [0.1, 0.15) is 84.3 Å². The van der Waals surface area contributed by atoms with Crippen LogP contribution in [-0.2, 0) is 14.3 Å². The topological polar surface area (TPSA) is 112 Å². The fourth-order valence-electron chi connectivity index (χ4n) is 5.09. The first kappa shape index (κ1) is 23.8. The highest BCUT2D eigenvalue weighted by Crippen LogP contribution is 2.44. The van der Waals surface area contributed by atoms with Crippen molar-refractivity contribution in [3.8, 4) is 0 Å². The van der Waals surface area contributed by atoms with Gasteiger partial charge in [-0.05, 0) is 51.2 Å². The number of aryl methyl sites for hydroxylation is 1. The van der Waals surface area contributed by atoms with Crippen molar-refractivity contribution in [1.29, 1.82) is 2.86 Å². The summed E-state index contributed by atoms with van der Waals surface area (Å²) in [6.45, 7) is 12.9. The summed E-state index contributed by atoms with van der Waals surface area (Å²) in [7, 11) is 0. The molecule has 196 valence electrons. The molecular weight excluding hydrogens is 464 g/mol. The van der Waals surface area contributed by atoms with E-state index in [1.54, 1.807) is 20.8 Å². The monoisotopic (exact) mass is 509 g/mol. The lowest BCUT2D eigenvalue weighted by Gasteiger charge is -2.34. The molecule has 0 radical (unpaired) electrons. The van der Waals surface area contributed by atoms with E-state index in [4.69, 9.17) is 19.2 Å². The first-order chi connectivity index (χ1) is 17.7. The smallest absolute Gasteiger partial charge is 0.223 e. The number of aliphatic hydroxyl groups excluding tert-OH is 2. The van der Waals surface area contributed by atoms with Crippen molar-refractivity contribution in [3.05, 3.63) is 21.7 Å². The zero-order valence-corrected chi connectivity index (χ0v) is 22.8. The number of nitrogens with one attached hydrogen (secondary N) is 1. The molecule has 0 unspecified atom stereocenters. The number of carbonyl (C=O) groups excluding carboxylic acids is 2. The molecule has 3 heterocycles. The first-order valence-electron chi connectivity index (χ1n) is 13.9. The number of hydrogen-bond acceptors (Lipinski definition) is 7. The summed E-state index contributed by atoms with van der Waals surface area (Å²) in [5, 5.41) is 13.8. The lowest BCUT2D eigenvalue weighted by atomic mass is 9.72. The third-order valence-corrected chi connectivity index (χ3v) is 8.70. The third-order valence-electron chi connectivity index (χ3n) is 7.91. The maximum absolute atomic E-state index is 13.6. The Kier molecular flexibility index (Phi) is 7.33. The van der Waals surface area contributed by atoms with Gasteiger partial charge < -0.3 is 20.3 Å². The van der Waals surface area contributed by atoms with E-state index in [-0.39, 0.29) is 29.8 Å². The highest BCUT2D eigenvalue weighted by Gasteiger charge is 2.52. The predicted octanol–water partition coefficient (Wildman–Crippen LogP) is 4.05. The van der Waals surface area contributed by atoms with Gasteiger partial charge in [-0.25, -0.2) is 4.98 Å². The fourth-order valence-corrected chi connectivity index (χ4v) is 5.66. The van der Waals surface area contributed by atoms with Gasteiger partial charge in [-0.15, -0.1) is 11.3 Å². The Morgan fingerprint density at radius 3 is 2.71 bits per heavy atom. The molecule has 2 aliphatic rings. The number of carbonyl (C=O) groups is 2. The molecule has 1 aromatic rings. The number of ketones is 1. The highest BCUT2D eigenvalue weighted by molar-refractivity contribution is 7.09. The number of fused-ring (bicyclic) bond motifs is 1. The molecule has 3 N–H and O–H groups in total. The standard InChI is InChI=1S/C27H42N2O5S/c1-15-9-8-10-27(7)22(34-27)12-20(16(2)11-19-14-35-18(4)28-19)29-23(31)13-21(30)26(5,6)25(33)17(3)24(15)32/h11,14-15,17,20-22,24,30,32H,8-10,12-13H2,1-7H3,(H,29,31)/b16-11+/t15-,17-,20+,21+,22-,24-,27+/m1/s1/i30D,32D/hD. The number of epoxide rings is 1. The van der Waals surface area contributed by atoms with Gasteiger partial charge in [0.15, 0.2) is 1.41 Å². The van der Waals surface area contributed by atoms with Crippen LogP contribution in [0.2, 0.25) is 1.41 Å². The SMILES string of the molecule is [2H]O[C@@H]1[C@H](C)CCC[C@]2(C)O[C@@H]2C[C@@H](/C(C)=C/c2csc(C)n2)N([2H])C(=O)C[C@H](O[2H])C(C)(C)C(=O)[C@@H]1C. The minimum atomic E-state index is -1.21. The molecular formula is C27H42N2O5S. The van der Waals surface area contributed by atoms with Crippen LogP contribution in [0.15, 0.2) is 11.0 Å². The number of hydrogen-bond donors (Lipinski definition) is 3. The Morgan fingerprint density at radius 2 is 2.09 bits per heavy atom. The van der Waals surface area contributed by atoms with E-state index in [2.05, 4.69) is 11.9 Å². The molecule has 3 rings (SSSR count). The van der Waals surface area contributed by atoms with Gasteiger partial charge in [-0.2, -0.15) is 0 Å². The van der Waals surface area contributed by atoms with Gasteiger partial charge >= 0.3 is 0 Å². The summed E-state index contributed by atoms with van der Waals surface area (Å²) in [4.78, 5) is 31.5. The van der Waals surface area contributed by atoms with Crippen molar-refractivity contribution in [2.24, 2.45) is 17.3 Å². The normalized spacial score (nSPS) is 38.9. The molecule has 2 fully saturated rings. The number of nitrogens with zero attached hydrogens (tertiary/aromatic N) is 1. The van der Waals surface area contributed by atoms with Crippen LogP contribution < -0.4 is 5.31 Å². The summed E-state index contributed by atoms with van der Waals surface area (Å²) < 4.78 is 30.3. The van der Waals surface area contributed by atoms with Crippen LogP contribution in [-0.4, -0.2) is 59.7 Å². The quantitative estimate of drug-likeness (QED) is 0.528. The molecule has 0 aliphatic carbocycles. The van der Waals surface area contributed by atoms with Crippen molar-refractivity contribution in [2.75, 3.05) is 0 Å². The minimum Gasteiger partial charge on any atom is -0.392 e. The zero-order valence-electron chi connectivity index (χ0n) is 25.0. The predicted molar refractivity (Wildman–Crippen MR) is 138 cm³/mol. The van der Waals surface area contributed by atoms with Crippen molar-refractivity contribution < 1.29 is 26.0 Å². The first-order valence-corrected chi connectivity index (χ1v) is 13.5. The Labute approximate surface area is 217 Å². The van der Waals surface area contributed by atoms with Crippen molar-refractivity contribution in [1.82, 2.24) is 10.3 Å². The molecule has 0 saturated carbocycles. The van der Waals surface area contributed by atoms with E-state index < -0.39 is 35.5 Å². The van der Waals surface area contributed by atoms with Gasteiger partial charge in [-0.3, -0.25) is 9.59 Å². The molecule has 1 amide bonds. The number of aliphatic hydroxyl groups is 2. The summed E-state index contributed by atoms with van der Waals surface area (Å²) in [6, 6.07) is -0.562. The largest absolute Gasteiger partial charge is 0.392 e. The van der Waals surface area contributed by atoms with Crippen LogP contribution in [0.25, 0.3) is 6.08 Å². The van der Waals surface area contributed by atoms with Crippen molar-refractivity contribution >= 4 is 29.1 Å². The maximum Gasteiger partial charge on any atom is 0.223 e. The zero-order chi connectivity index (χ0) is 28.4. The van der Waals surface area contributed by atoms with E-state index in [0.29, 0.717) is 6.42 Å². The van der Waals surface area contributed by atoms with Crippen LogP contribution in [0.4, 0.5) is 0 Å². The summed E-state index contributed by atoms with van der Waals surface area (Å²) in [5.41, 5.74) is 0.0333. The second-order valence-electron chi connectivity index (χ2n) is 11.3. The summed E-state index contributed by atoms with van der Waals surface area (Å²) in [6.07, 6.45) is 2.64. The average molecular weight is 510 g/mol. The molecule has 2 aliphatic heterocycles. The van der Waals surface area contributed by atoms with Gasteiger partial charge in [-0.1, -0.05) is 34.1 Å². The third kappa shape index (κ3) is 6.59. The van der Waals surface area contributed by atoms with Crippen LogP contribution >= 0.6 is 11.3 Å². The number of Topliss-reactive ketones (excluding diaryl/α,β-unsaturated/α-hetero) is 1. The molecule has 2 saturated heterocycles. The van der Waals surface area contributed by atoms with E-state index in [0.717, 1.165) is 40.8 Å². The van der Waals surface area contributed by atoms with Gasteiger partial charge in [0.2, 0.25) is 8.77 Å². The Bertz CT molecular complexity index is 1030. The van der Waals surface area contributed by atoms with E-state index >= 15 is 0 Å². The molecule has 7 atom stereocenters. The Morgan fingerprint density at radius 1 is 1.34 bits per heavy atom. The maximum atomic E-state index is 13.6. The van der Waals surface area contributed by atoms with E-state index in [1.807, 2.05) is 32.2 Å². The van der Waals surface area contributed by atoms with Crippen molar-refractivity contribution in [3.63, 3.8) is 0 Å². The average Bonchev–Trinajstić information content (AvgIpc) is 3.31. The number of thiazole rings is 1. The van der Waals surface area contributed by atoms with Crippen LogP contribution in [0.3, 0.4) is 0 Å². The number of rotatable bonds is 4. The molecule has 7 nitrogen and oxygen atoms in total.